The molecule has 1 N–H and O–H groups in total. The van der Waals surface area contributed by atoms with Crippen molar-refractivity contribution in [1.29, 1.82) is 0 Å². The number of nitrogens with zero attached hydrogens (tertiary/aromatic N) is 1. The zero-order valence-corrected chi connectivity index (χ0v) is 11.6. The van der Waals surface area contributed by atoms with Gasteiger partial charge in [0.25, 0.3) is 0 Å². The van der Waals surface area contributed by atoms with Gasteiger partial charge in [0, 0.05) is 6.54 Å². The minimum atomic E-state index is -0.522. The maximum Gasteiger partial charge on any atom is 0.407 e. The van der Waals surface area contributed by atoms with Crippen LogP contribution < -0.4 is 5.32 Å². The Labute approximate surface area is 113 Å². The van der Waals surface area contributed by atoms with E-state index in [0.717, 1.165) is 5.56 Å². The summed E-state index contributed by atoms with van der Waals surface area (Å²) in [6.07, 6.45) is -0.0301. The Morgan fingerprint density at radius 1 is 1.32 bits per heavy atom. The lowest BCUT2D eigenvalue weighted by atomic mass is 10.1. The van der Waals surface area contributed by atoms with Gasteiger partial charge < -0.3 is 10.1 Å². The molecule has 104 valence electrons. The molecule has 0 heterocycles. The molecule has 0 aliphatic carbocycles. The number of alkyl carbamates (subject to hydrolysis) is 1. The van der Waals surface area contributed by atoms with Gasteiger partial charge >= 0.3 is 6.09 Å². The Bertz CT molecular complexity index is 412. The molecule has 0 saturated heterocycles. The zero-order valence-electron chi connectivity index (χ0n) is 11.6. The van der Waals surface area contributed by atoms with Crippen molar-refractivity contribution in [3.8, 4) is 0 Å². The number of nitroso groups, excluding NO2 is 1. The van der Waals surface area contributed by atoms with E-state index in [0.29, 0.717) is 13.0 Å². The second-order valence-electron chi connectivity index (χ2n) is 5.25. The van der Waals surface area contributed by atoms with E-state index in [1.165, 1.54) is 0 Å². The first-order valence-electron chi connectivity index (χ1n) is 6.26. The summed E-state index contributed by atoms with van der Waals surface area (Å²) in [4.78, 5) is 22.2. The van der Waals surface area contributed by atoms with Crippen LogP contribution in [0.2, 0.25) is 0 Å². The first kappa shape index (κ1) is 15.1. The largest absolute Gasteiger partial charge is 0.444 e. The summed E-state index contributed by atoms with van der Waals surface area (Å²) in [6, 6.07) is 8.84. The highest BCUT2D eigenvalue weighted by molar-refractivity contribution is 5.67. The van der Waals surface area contributed by atoms with Crippen LogP contribution in [0.15, 0.2) is 35.5 Å². The van der Waals surface area contributed by atoms with Crippen LogP contribution in [0.1, 0.15) is 38.8 Å². The van der Waals surface area contributed by atoms with Crippen molar-refractivity contribution in [1.82, 2.24) is 5.32 Å². The van der Waals surface area contributed by atoms with Crippen molar-refractivity contribution in [2.75, 3.05) is 6.54 Å². The summed E-state index contributed by atoms with van der Waals surface area (Å²) >= 11 is 0. The second kappa shape index (κ2) is 6.87. The van der Waals surface area contributed by atoms with Gasteiger partial charge in [-0.3, -0.25) is 0 Å². The lowest BCUT2D eigenvalue weighted by Crippen LogP contribution is -2.33. The Hall–Kier alpha value is -1.91. The molecule has 1 amide bonds. The molecule has 0 aliphatic rings. The van der Waals surface area contributed by atoms with Crippen molar-refractivity contribution in [3.05, 3.63) is 40.8 Å². The Morgan fingerprint density at radius 2 is 1.95 bits per heavy atom. The number of hydrogen-bond donors (Lipinski definition) is 1. The highest BCUT2D eigenvalue weighted by Crippen LogP contribution is 2.19. The van der Waals surface area contributed by atoms with Crippen LogP contribution >= 0.6 is 0 Å². The summed E-state index contributed by atoms with van der Waals surface area (Å²) in [5, 5.41) is 5.70. The molecule has 0 fully saturated rings. The number of nitrogens with one attached hydrogen (secondary N) is 1. The highest BCUT2D eigenvalue weighted by Gasteiger charge is 2.17. The third-order valence-corrected chi connectivity index (χ3v) is 2.40. The van der Waals surface area contributed by atoms with E-state index < -0.39 is 17.7 Å². The second-order valence-corrected chi connectivity index (χ2v) is 5.25. The molecule has 1 aromatic rings. The van der Waals surface area contributed by atoms with Gasteiger partial charge in [0.15, 0.2) is 0 Å². The average molecular weight is 264 g/mol. The van der Waals surface area contributed by atoms with E-state index >= 15 is 0 Å². The van der Waals surface area contributed by atoms with Crippen molar-refractivity contribution < 1.29 is 9.53 Å². The minimum absolute atomic E-state index is 0.347. The molecule has 1 rings (SSSR count). The first-order chi connectivity index (χ1) is 8.92. The van der Waals surface area contributed by atoms with E-state index in [1.54, 1.807) is 20.8 Å². The minimum Gasteiger partial charge on any atom is -0.444 e. The van der Waals surface area contributed by atoms with Crippen molar-refractivity contribution in [2.45, 2.75) is 38.8 Å². The van der Waals surface area contributed by atoms with Gasteiger partial charge in [0.1, 0.15) is 11.6 Å². The van der Waals surface area contributed by atoms with Gasteiger partial charge in [0.2, 0.25) is 0 Å². The Kier molecular flexibility index (Phi) is 5.48. The van der Waals surface area contributed by atoms with E-state index in [4.69, 9.17) is 4.74 Å². The average Bonchev–Trinajstić information content (AvgIpc) is 2.33. The summed E-state index contributed by atoms with van der Waals surface area (Å²) in [5.41, 5.74) is 0.328. The number of carbonyl (C=O) groups is 1. The predicted octanol–water partition coefficient (Wildman–Crippen LogP) is 3.41. The molecule has 1 atom stereocenters. The third-order valence-electron chi connectivity index (χ3n) is 2.40. The maximum absolute atomic E-state index is 11.4. The van der Waals surface area contributed by atoms with E-state index in [1.807, 2.05) is 30.3 Å². The standard InChI is InChI=1S/C14H20N2O3/c1-14(2,3)19-13(17)15-10-9-12(16-18)11-7-5-4-6-8-11/h4-8,12H,9-10H2,1-3H3,(H,15,17). The lowest BCUT2D eigenvalue weighted by Gasteiger charge is -2.20. The van der Waals surface area contributed by atoms with E-state index in [2.05, 4.69) is 10.5 Å². The SMILES string of the molecule is CC(C)(C)OC(=O)NCCC(N=O)c1ccccc1. The van der Waals surface area contributed by atoms with Gasteiger partial charge in [-0.25, -0.2) is 4.79 Å². The van der Waals surface area contributed by atoms with Gasteiger partial charge in [-0.2, -0.15) is 4.91 Å². The molecule has 5 nitrogen and oxygen atoms in total. The van der Waals surface area contributed by atoms with E-state index in [9.17, 15) is 9.70 Å². The molecular weight excluding hydrogens is 244 g/mol. The topological polar surface area (TPSA) is 67.8 Å². The molecule has 0 aliphatic heterocycles. The normalized spacial score (nSPS) is 12.6. The Morgan fingerprint density at radius 3 is 2.47 bits per heavy atom. The van der Waals surface area contributed by atoms with Crippen LogP contribution in [0.3, 0.4) is 0 Å². The van der Waals surface area contributed by atoms with Crippen LogP contribution in [0, 0.1) is 4.91 Å². The van der Waals surface area contributed by atoms with Crippen LogP contribution in [-0.4, -0.2) is 18.2 Å². The number of ether oxygens (including phenoxy) is 1. The van der Waals surface area contributed by atoms with Crippen LogP contribution in [0.25, 0.3) is 0 Å². The van der Waals surface area contributed by atoms with Gasteiger partial charge in [-0.05, 0) is 32.8 Å². The maximum atomic E-state index is 11.4. The van der Waals surface area contributed by atoms with Gasteiger partial charge in [-0.15, -0.1) is 0 Å². The molecule has 1 aromatic carbocycles. The molecule has 0 spiro atoms. The fourth-order valence-electron chi connectivity index (χ4n) is 1.58. The lowest BCUT2D eigenvalue weighted by molar-refractivity contribution is 0.0526. The smallest absolute Gasteiger partial charge is 0.407 e. The molecule has 19 heavy (non-hydrogen) atoms. The van der Waals surface area contributed by atoms with E-state index in [-0.39, 0.29) is 0 Å². The number of benzene rings is 1. The molecule has 0 saturated carbocycles. The van der Waals surface area contributed by atoms with Crippen molar-refractivity contribution in [3.63, 3.8) is 0 Å². The summed E-state index contributed by atoms with van der Waals surface area (Å²) in [5.74, 6) is 0. The van der Waals surface area contributed by atoms with Crippen molar-refractivity contribution >= 4 is 6.09 Å². The fraction of sp³-hybridized carbons (Fsp3) is 0.500. The molecule has 1 unspecified atom stereocenters. The number of amides is 1. The van der Waals surface area contributed by atoms with Crippen LogP contribution in [0.4, 0.5) is 4.79 Å². The molecule has 0 radical (unpaired) electrons. The van der Waals surface area contributed by atoms with Crippen molar-refractivity contribution in [2.24, 2.45) is 5.18 Å². The third kappa shape index (κ3) is 5.99. The van der Waals surface area contributed by atoms with Crippen LogP contribution in [-0.2, 0) is 4.74 Å². The summed E-state index contributed by atoms with van der Waals surface area (Å²) in [6.45, 7) is 5.74. The first-order valence-corrected chi connectivity index (χ1v) is 6.26. The molecule has 0 aromatic heterocycles. The number of rotatable bonds is 5. The highest BCUT2D eigenvalue weighted by atomic mass is 16.6. The fourth-order valence-corrected chi connectivity index (χ4v) is 1.58. The number of carbonyl (C=O) groups excluding carboxylic acids is 1. The summed E-state index contributed by atoms with van der Waals surface area (Å²) in [7, 11) is 0. The van der Waals surface area contributed by atoms with Gasteiger partial charge in [0.05, 0.1) is 0 Å². The molecular formula is C14H20N2O3. The monoisotopic (exact) mass is 264 g/mol. The Balaban J connectivity index is 2.39. The zero-order chi connectivity index (χ0) is 14.3. The van der Waals surface area contributed by atoms with Gasteiger partial charge in [-0.1, -0.05) is 35.5 Å². The number of hydrogen-bond acceptors (Lipinski definition) is 4. The molecule has 0 bridgehead atoms. The molecule has 5 heteroatoms. The predicted molar refractivity (Wildman–Crippen MR) is 73.8 cm³/mol. The van der Waals surface area contributed by atoms with Crippen LogP contribution in [0.5, 0.6) is 0 Å². The summed E-state index contributed by atoms with van der Waals surface area (Å²) < 4.78 is 5.10. The quantitative estimate of drug-likeness (QED) is 0.829.